The molecule has 1 aromatic heterocycles. The summed E-state index contributed by atoms with van der Waals surface area (Å²) in [7, 11) is -3.23. The summed E-state index contributed by atoms with van der Waals surface area (Å²) >= 11 is 0. The lowest BCUT2D eigenvalue weighted by atomic mass is 9.81. The van der Waals surface area contributed by atoms with Crippen molar-refractivity contribution in [2.45, 2.75) is 37.5 Å². The average Bonchev–Trinajstić information content (AvgIpc) is 2.64. The predicted octanol–water partition coefficient (Wildman–Crippen LogP) is 2.51. The number of nitrogens with zero attached hydrogens (tertiary/aromatic N) is 2. The zero-order chi connectivity index (χ0) is 19.7. The smallest absolute Gasteiger partial charge is 0.341 e. The van der Waals surface area contributed by atoms with Crippen molar-refractivity contribution in [1.82, 2.24) is 9.97 Å². The molecule has 27 heavy (non-hydrogen) atoms. The standard InChI is InChI=1S/C20H20N2O4S/c1-4-26-19(23)15-12-21-18(22-13-15)8-6-14-5-7-17-16(11-14)20(2,3)9-10-27(17,24)25/h5,7,11-13H,4,9-10H2,1-3H3. The highest BCUT2D eigenvalue weighted by molar-refractivity contribution is 7.91. The number of hydrogen-bond donors (Lipinski definition) is 0. The van der Waals surface area contributed by atoms with Crippen LogP contribution in [0.3, 0.4) is 0 Å². The van der Waals surface area contributed by atoms with Crippen LogP contribution < -0.4 is 0 Å². The second kappa shape index (κ2) is 7.12. The number of carbonyl (C=O) groups is 1. The van der Waals surface area contributed by atoms with E-state index in [9.17, 15) is 13.2 Å². The number of carbonyl (C=O) groups excluding carboxylic acids is 1. The molecule has 0 unspecified atom stereocenters. The fraction of sp³-hybridized carbons (Fsp3) is 0.350. The summed E-state index contributed by atoms with van der Waals surface area (Å²) in [4.78, 5) is 20.1. The van der Waals surface area contributed by atoms with E-state index >= 15 is 0 Å². The molecule has 0 saturated heterocycles. The maximum absolute atomic E-state index is 12.3. The highest BCUT2D eigenvalue weighted by Crippen LogP contribution is 2.38. The predicted molar refractivity (Wildman–Crippen MR) is 100 cm³/mol. The molecule has 1 aliphatic rings. The third-order valence-corrected chi connectivity index (χ3v) is 6.29. The Bertz CT molecular complexity index is 1050. The van der Waals surface area contributed by atoms with E-state index in [0.29, 0.717) is 16.9 Å². The Morgan fingerprint density at radius 2 is 1.93 bits per heavy atom. The Morgan fingerprint density at radius 1 is 1.22 bits per heavy atom. The molecule has 2 aromatic rings. The molecule has 1 aromatic carbocycles. The summed E-state index contributed by atoms with van der Waals surface area (Å²) in [6, 6.07) is 5.14. The van der Waals surface area contributed by atoms with Crippen LogP contribution >= 0.6 is 0 Å². The molecule has 0 fully saturated rings. The zero-order valence-corrected chi connectivity index (χ0v) is 16.3. The van der Waals surface area contributed by atoms with Gasteiger partial charge in [0.15, 0.2) is 9.84 Å². The molecular weight excluding hydrogens is 364 g/mol. The van der Waals surface area contributed by atoms with Gasteiger partial charge in [-0.25, -0.2) is 23.2 Å². The van der Waals surface area contributed by atoms with Crippen molar-refractivity contribution in [2.75, 3.05) is 12.4 Å². The quantitative estimate of drug-likeness (QED) is 0.584. The molecule has 0 bridgehead atoms. The van der Waals surface area contributed by atoms with E-state index in [4.69, 9.17) is 4.74 Å². The van der Waals surface area contributed by atoms with E-state index in [1.807, 2.05) is 19.9 Å². The normalized spacial score (nSPS) is 16.6. The van der Waals surface area contributed by atoms with Crippen LogP contribution in [0.5, 0.6) is 0 Å². The number of esters is 1. The van der Waals surface area contributed by atoms with Gasteiger partial charge in [0, 0.05) is 18.0 Å². The Morgan fingerprint density at radius 3 is 2.59 bits per heavy atom. The van der Waals surface area contributed by atoms with Gasteiger partial charge in [0.1, 0.15) is 0 Å². The Balaban J connectivity index is 1.89. The largest absolute Gasteiger partial charge is 0.462 e. The third-order valence-electron chi connectivity index (χ3n) is 4.52. The van der Waals surface area contributed by atoms with E-state index in [2.05, 4.69) is 21.8 Å². The third kappa shape index (κ3) is 4.01. The van der Waals surface area contributed by atoms with E-state index < -0.39 is 15.8 Å². The molecular formula is C20H20N2O4S. The van der Waals surface area contributed by atoms with Crippen molar-refractivity contribution < 1.29 is 17.9 Å². The van der Waals surface area contributed by atoms with Gasteiger partial charge in [-0.05, 0) is 48.4 Å². The van der Waals surface area contributed by atoms with Gasteiger partial charge in [0.25, 0.3) is 0 Å². The van der Waals surface area contributed by atoms with Crippen LogP contribution in [0.2, 0.25) is 0 Å². The second-order valence-electron chi connectivity index (χ2n) is 6.93. The lowest BCUT2D eigenvalue weighted by Crippen LogP contribution is -2.30. The highest BCUT2D eigenvalue weighted by atomic mass is 32.2. The molecule has 7 heteroatoms. The first-order chi connectivity index (χ1) is 12.7. The van der Waals surface area contributed by atoms with E-state index in [1.165, 1.54) is 12.4 Å². The first-order valence-corrected chi connectivity index (χ1v) is 10.3. The van der Waals surface area contributed by atoms with Crippen molar-refractivity contribution in [1.29, 1.82) is 0 Å². The number of sulfone groups is 1. The van der Waals surface area contributed by atoms with Gasteiger partial charge in [-0.3, -0.25) is 0 Å². The maximum Gasteiger partial charge on any atom is 0.341 e. The fourth-order valence-corrected chi connectivity index (χ4v) is 4.83. The highest BCUT2D eigenvalue weighted by Gasteiger charge is 2.35. The van der Waals surface area contributed by atoms with Crippen LogP contribution in [0.15, 0.2) is 35.5 Å². The molecule has 0 amide bonds. The van der Waals surface area contributed by atoms with E-state index in [-0.39, 0.29) is 29.2 Å². The van der Waals surface area contributed by atoms with Gasteiger partial charge in [-0.2, -0.15) is 0 Å². The summed E-state index contributed by atoms with van der Waals surface area (Å²) in [6.45, 7) is 6.08. The molecule has 6 nitrogen and oxygen atoms in total. The minimum absolute atomic E-state index is 0.165. The molecule has 0 spiro atoms. The number of benzene rings is 1. The van der Waals surface area contributed by atoms with E-state index in [1.54, 1.807) is 19.1 Å². The minimum Gasteiger partial charge on any atom is -0.462 e. The van der Waals surface area contributed by atoms with Crippen LogP contribution in [0.4, 0.5) is 0 Å². The Kier molecular flexibility index (Phi) is 5.03. The van der Waals surface area contributed by atoms with Crippen LogP contribution in [0.25, 0.3) is 0 Å². The SMILES string of the molecule is CCOC(=O)c1cnc(C#Cc2ccc3c(c2)C(C)(C)CCS3(=O)=O)nc1. The molecule has 2 heterocycles. The molecule has 0 N–H and O–H groups in total. The van der Waals surface area contributed by atoms with Crippen LogP contribution in [-0.2, 0) is 20.0 Å². The molecule has 0 atom stereocenters. The molecule has 3 rings (SSSR count). The second-order valence-corrected chi connectivity index (χ2v) is 9.01. The average molecular weight is 384 g/mol. The summed E-state index contributed by atoms with van der Waals surface area (Å²) in [5, 5.41) is 0. The number of rotatable bonds is 2. The van der Waals surface area contributed by atoms with Crippen LogP contribution in [-0.4, -0.2) is 36.7 Å². The van der Waals surface area contributed by atoms with Gasteiger partial charge in [0.2, 0.25) is 5.82 Å². The maximum atomic E-state index is 12.3. The minimum atomic E-state index is -3.23. The van der Waals surface area contributed by atoms with Gasteiger partial charge in [0.05, 0.1) is 22.8 Å². The lowest BCUT2D eigenvalue weighted by Gasteiger charge is -2.32. The number of fused-ring (bicyclic) bond motifs is 1. The van der Waals surface area contributed by atoms with Gasteiger partial charge in [-0.1, -0.05) is 19.8 Å². The van der Waals surface area contributed by atoms with Gasteiger partial charge in [-0.15, -0.1) is 0 Å². The van der Waals surface area contributed by atoms with Crippen LogP contribution in [0, 0.1) is 11.8 Å². The van der Waals surface area contributed by atoms with Crippen molar-refractivity contribution in [2.24, 2.45) is 0 Å². The van der Waals surface area contributed by atoms with Crippen molar-refractivity contribution in [3.63, 3.8) is 0 Å². The summed E-state index contributed by atoms with van der Waals surface area (Å²) < 4.78 is 29.5. The van der Waals surface area contributed by atoms with Crippen molar-refractivity contribution in [3.05, 3.63) is 53.1 Å². The van der Waals surface area contributed by atoms with Gasteiger partial charge >= 0.3 is 5.97 Å². The number of ether oxygens (including phenoxy) is 1. The first kappa shape index (κ1) is 19.1. The Labute approximate surface area is 158 Å². The fourth-order valence-electron chi connectivity index (χ4n) is 2.88. The summed E-state index contributed by atoms with van der Waals surface area (Å²) in [5.41, 5.74) is 1.52. The lowest BCUT2D eigenvalue weighted by molar-refractivity contribution is 0.0525. The molecule has 0 radical (unpaired) electrons. The molecule has 140 valence electrons. The molecule has 1 aliphatic heterocycles. The number of aromatic nitrogens is 2. The van der Waals surface area contributed by atoms with Crippen LogP contribution in [0.1, 0.15) is 54.5 Å². The molecule has 0 aliphatic carbocycles. The summed E-state index contributed by atoms with van der Waals surface area (Å²) in [5.74, 6) is 5.76. The number of hydrogen-bond acceptors (Lipinski definition) is 6. The summed E-state index contributed by atoms with van der Waals surface area (Å²) in [6.07, 6.45) is 3.33. The van der Waals surface area contributed by atoms with E-state index in [0.717, 1.165) is 5.56 Å². The molecule has 0 saturated carbocycles. The monoisotopic (exact) mass is 384 g/mol. The zero-order valence-electron chi connectivity index (χ0n) is 15.4. The topological polar surface area (TPSA) is 86.2 Å². The van der Waals surface area contributed by atoms with Crippen molar-refractivity contribution in [3.8, 4) is 11.8 Å². The van der Waals surface area contributed by atoms with Crippen molar-refractivity contribution >= 4 is 15.8 Å². The Hall–Kier alpha value is -2.72. The first-order valence-electron chi connectivity index (χ1n) is 8.61. The van der Waals surface area contributed by atoms with Gasteiger partial charge < -0.3 is 4.74 Å².